The Kier molecular flexibility index (Phi) is 7.43. The molecule has 32 heavy (non-hydrogen) atoms. The highest BCUT2D eigenvalue weighted by Crippen LogP contribution is 2.23. The zero-order valence-electron chi connectivity index (χ0n) is 19.0. The van der Waals surface area contributed by atoms with Crippen molar-refractivity contribution in [1.82, 2.24) is 14.9 Å². The number of amides is 1. The molecular weight excluding hydrogens is 402 g/mol. The van der Waals surface area contributed by atoms with E-state index in [9.17, 15) is 4.79 Å². The molecule has 0 saturated carbocycles. The van der Waals surface area contributed by atoms with E-state index < -0.39 is 0 Å². The van der Waals surface area contributed by atoms with Crippen LogP contribution in [-0.2, 0) is 22.5 Å². The van der Waals surface area contributed by atoms with Gasteiger partial charge in [-0.05, 0) is 68.9 Å². The molecule has 3 aromatic rings. The second-order valence-corrected chi connectivity index (χ2v) is 8.40. The predicted octanol–water partition coefficient (Wildman–Crippen LogP) is 4.81. The lowest BCUT2D eigenvalue weighted by molar-refractivity contribution is -0.130. The third kappa shape index (κ3) is 5.30. The van der Waals surface area contributed by atoms with Gasteiger partial charge in [-0.25, -0.2) is 4.98 Å². The van der Waals surface area contributed by atoms with E-state index in [-0.39, 0.29) is 18.1 Å². The molecule has 2 atom stereocenters. The highest BCUT2D eigenvalue weighted by molar-refractivity contribution is 5.81. The summed E-state index contributed by atoms with van der Waals surface area (Å²) in [6.45, 7) is 6.31. The second-order valence-electron chi connectivity index (χ2n) is 8.40. The minimum absolute atomic E-state index is 0.0453. The Morgan fingerprint density at radius 1 is 1.22 bits per heavy atom. The topological polar surface area (TPSA) is 65.4 Å². The number of ether oxygens (including phenoxy) is 2. The van der Waals surface area contributed by atoms with E-state index in [0.717, 1.165) is 61.3 Å². The fourth-order valence-corrected chi connectivity index (χ4v) is 4.20. The van der Waals surface area contributed by atoms with Crippen molar-refractivity contribution in [1.29, 1.82) is 0 Å². The molecule has 0 aliphatic carbocycles. The summed E-state index contributed by atoms with van der Waals surface area (Å²) in [5.41, 5.74) is 3.36. The van der Waals surface area contributed by atoms with Gasteiger partial charge in [0.15, 0.2) is 0 Å². The maximum atomic E-state index is 12.5. The second kappa shape index (κ2) is 10.6. The quantitative estimate of drug-likeness (QED) is 0.464. The van der Waals surface area contributed by atoms with Crippen LogP contribution in [0.25, 0.3) is 11.0 Å². The Hall–Kier alpha value is -2.86. The average molecular weight is 436 g/mol. The van der Waals surface area contributed by atoms with Crippen LogP contribution < -0.4 is 10.1 Å². The molecule has 2 aromatic carbocycles. The van der Waals surface area contributed by atoms with Gasteiger partial charge in [0, 0.05) is 13.2 Å². The molecule has 1 aliphatic heterocycles. The van der Waals surface area contributed by atoms with Crippen LogP contribution in [0, 0.1) is 0 Å². The lowest BCUT2D eigenvalue weighted by atomic mass is 10.2. The van der Waals surface area contributed by atoms with Crippen LogP contribution in [0.4, 0.5) is 0 Å². The maximum Gasteiger partial charge on any atom is 0.249 e. The normalized spacial score (nSPS) is 16.9. The van der Waals surface area contributed by atoms with Gasteiger partial charge in [-0.1, -0.05) is 31.2 Å². The first-order valence-corrected chi connectivity index (χ1v) is 11.7. The fraction of sp³-hybridized carbons (Fsp3) is 0.462. The summed E-state index contributed by atoms with van der Waals surface area (Å²) in [7, 11) is 0. The van der Waals surface area contributed by atoms with Gasteiger partial charge in [0.2, 0.25) is 5.91 Å². The maximum absolute atomic E-state index is 12.5. The number of carbonyl (C=O) groups is 1. The molecule has 1 N–H and O–H groups in total. The van der Waals surface area contributed by atoms with Gasteiger partial charge >= 0.3 is 0 Å². The molecule has 1 fully saturated rings. The summed E-state index contributed by atoms with van der Waals surface area (Å²) in [5, 5.41) is 3.10. The van der Waals surface area contributed by atoms with Crippen LogP contribution in [0.5, 0.6) is 5.75 Å². The molecule has 2 heterocycles. The molecule has 1 aliphatic rings. The first-order valence-electron chi connectivity index (χ1n) is 11.7. The molecule has 6 heteroatoms. The van der Waals surface area contributed by atoms with Crippen molar-refractivity contribution in [2.45, 2.75) is 64.6 Å². The van der Waals surface area contributed by atoms with Crippen molar-refractivity contribution in [2.24, 2.45) is 0 Å². The number of unbranched alkanes of at least 4 members (excludes halogenated alkanes) is 1. The Bertz CT molecular complexity index is 1020. The van der Waals surface area contributed by atoms with Crippen molar-refractivity contribution >= 4 is 16.9 Å². The third-order valence-electron chi connectivity index (χ3n) is 6.03. The Balaban J connectivity index is 1.36. The highest BCUT2D eigenvalue weighted by Gasteiger charge is 2.26. The van der Waals surface area contributed by atoms with Crippen molar-refractivity contribution in [3.63, 3.8) is 0 Å². The molecule has 0 radical (unpaired) electrons. The van der Waals surface area contributed by atoms with Gasteiger partial charge in [-0.2, -0.15) is 0 Å². The number of benzene rings is 2. The molecule has 1 amide bonds. The zero-order valence-corrected chi connectivity index (χ0v) is 19.0. The van der Waals surface area contributed by atoms with Crippen LogP contribution >= 0.6 is 0 Å². The number of imidazole rings is 1. The largest absolute Gasteiger partial charge is 0.494 e. The Labute approximate surface area is 189 Å². The van der Waals surface area contributed by atoms with E-state index in [1.807, 2.05) is 37.3 Å². The van der Waals surface area contributed by atoms with E-state index in [1.54, 1.807) is 0 Å². The third-order valence-corrected chi connectivity index (χ3v) is 6.03. The van der Waals surface area contributed by atoms with Gasteiger partial charge < -0.3 is 19.4 Å². The Morgan fingerprint density at radius 3 is 2.78 bits per heavy atom. The molecule has 4 rings (SSSR count). The molecule has 0 bridgehead atoms. The van der Waals surface area contributed by atoms with Crippen LogP contribution in [0.15, 0.2) is 48.5 Å². The molecule has 170 valence electrons. The highest BCUT2D eigenvalue weighted by atomic mass is 16.5. The lowest BCUT2D eigenvalue weighted by Crippen LogP contribution is -2.36. The Morgan fingerprint density at radius 2 is 2.03 bits per heavy atom. The van der Waals surface area contributed by atoms with Gasteiger partial charge in [-0.15, -0.1) is 0 Å². The van der Waals surface area contributed by atoms with Crippen LogP contribution in [0.2, 0.25) is 0 Å². The van der Waals surface area contributed by atoms with Crippen molar-refractivity contribution in [2.75, 3.05) is 13.2 Å². The lowest BCUT2D eigenvalue weighted by Gasteiger charge is -2.18. The summed E-state index contributed by atoms with van der Waals surface area (Å²) < 4.78 is 13.7. The molecular formula is C26H33N3O3. The molecule has 6 nitrogen and oxygen atoms in total. The van der Waals surface area contributed by atoms with Crippen molar-refractivity contribution in [3.8, 4) is 5.75 Å². The van der Waals surface area contributed by atoms with E-state index in [4.69, 9.17) is 14.5 Å². The number of para-hydroxylation sites is 2. The number of nitrogens with one attached hydrogen (secondary N) is 1. The van der Waals surface area contributed by atoms with Gasteiger partial charge in [0.25, 0.3) is 0 Å². The average Bonchev–Trinajstić information content (AvgIpc) is 3.48. The predicted molar refractivity (Wildman–Crippen MR) is 126 cm³/mol. The number of nitrogens with zero attached hydrogens (tertiary/aromatic N) is 2. The van der Waals surface area contributed by atoms with Crippen molar-refractivity contribution in [3.05, 3.63) is 59.9 Å². The number of aryl methyl sites for hydroxylation is 2. The first-order chi connectivity index (χ1) is 15.7. The van der Waals surface area contributed by atoms with E-state index in [1.165, 1.54) is 5.56 Å². The zero-order chi connectivity index (χ0) is 22.3. The van der Waals surface area contributed by atoms with Crippen LogP contribution in [0.1, 0.15) is 57.0 Å². The molecule has 1 saturated heterocycles. The number of fused-ring (bicyclic) bond motifs is 1. The summed E-state index contributed by atoms with van der Waals surface area (Å²) in [5.74, 6) is 1.76. The summed E-state index contributed by atoms with van der Waals surface area (Å²) in [6.07, 6.45) is 4.34. The van der Waals surface area contributed by atoms with E-state index in [0.29, 0.717) is 13.2 Å². The van der Waals surface area contributed by atoms with Gasteiger partial charge in [0.1, 0.15) is 17.7 Å². The molecule has 2 unspecified atom stereocenters. The summed E-state index contributed by atoms with van der Waals surface area (Å²) >= 11 is 0. The van der Waals surface area contributed by atoms with Gasteiger partial charge in [-0.3, -0.25) is 4.79 Å². The monoisotopic (exact) mass is 435 g/mol. The number of aromatic nitrogens is 2. The molecule has 0 spiro atoms. The number of carbonyl (C=O) groups excluding carboxylic acids is 1. The number of hydrogen-bond acceptors (Lipinski definition) is 4. The summed E-state index contributed by atoms with van der Waals surface area (Å²) in [6, 6.07) is 16.3. The number of hydrogen-bond donors (Lipinski definition) is 1. The van der Waals surface area contributed by atoms with Crippen molar-refractivity contribution < 1.29 is 14.3 Å². The van der Waals surface area contributed by atoms with Gasteiger partial charge in [0.05, 0.1) is 23.7 Å². The van der Waals surface area contributed by atoms with Crippen LogP contribution in [-0.4, -0.2) is 34.8 Å². The number of rotatable bonds is 10. The standard InChI is InChI=1S/C26H33N3O3/c1-3-20-12-14-21(15-13-20)31-17-7-6-16-29-23-10-5-4-9-22(23)28-25(29)19(2)27-26(30)24-11-8-18-32-24/h4-5,9-10,12-15,19,24H,3,6-8,11,16-18H2,1-2H3,(H,27,30). The van der Waals surface area contributed by atoms with E-state index >= 15 is 0 Å². The minimum Gasteiger partial charge on any atom is -0.494 e. The smallest absolute Gasteiger partial charge is 0.249 e. The SMILES string of the molecule is CCc1ccc(OCCCCn2c(C(C)NC(=O)C3CCCO3)nc3ccccc32)cc1. The summed E-state index contributed by atoms with van der Waals surface area (Å²) in [4.78, 5) is 17.4. The van der Waals surface area contributed by atoms with Crippen LogP contribution in [0.3, 0.4) is 0 Å². The first kappa shape index (κ1) is 22.3. The molecule has 1 aromatic heterocycles. The minimum atomic E-state index is -0.334. The fourth-order valence-electron chi connectivity index (χ4n) is 4.20. The van der Waals surface area contributed by atoms with E-state index in [2.05, 4.69) is 35.0 Å².